The number of Topliss-reactive ketones (excluding diaryl/α,β-unsaturated/α-hetero) is 1. The second-order valence-electron chi connectivity index (χ2n) is 4.08. The van der Waals surface area contributed by atoms with Gasteiger partial charge in [-0.1, -0.05) is 6.92 Å². The highest BCUT2D eigenvalue weighted by molar-refractivity contribution is 5.95. The molecule has 1 aromatic heterocycles. The Hall–Kier alpha value is -1.09. The minimum Gasteiger partial charge on any atom is -0.461 e. The molecule has 0 N–H and O–H groups in total. The minimum absolute atomic E-state index is 0.0975. The van der Waals surface area contributed by atoms with Crippen molar-refractivity contribution in [1.29, 1.82) is 0 Å². The van der Waals surface area contributed by atoms with Gasteiger partial charge in [0.2, 0.25) is 5.78 Å². The van der Waals surface area contributed by atoms with Crippen molar-refractivity contribution in [2.75, 3.05) is 13.1 Å². The lowest BCUT2D eigenvalue weighted by atomic mass is 10.1. The van der Waals surface area contributed by atoms with Crippen LogP contribution in [0.4, 0.5) is 0 Å². The van der Waals surface area contributed by atoms with Gasteiger partial charge in [-0.05, 0) is 37.9 Å². The second-order valence-corrected chi connectivity index (χ2v) is 4.08. The van der Waals surface area contributed by atoms with E-state index in [0.717, 1.165) is 13.0 Å². The lowest BCUT2D eigenvalue weighted by Gasteiger charge is -2.21. The molecule has 1 unspecified atom stereocenters. The molecular weight excluding hydrogens is 190 g/mol. The zero-order valence-corrected chi connectivity index (χ0v) is 9.11. The van der Waals surface area contributed by atoms with Gasteiger partial charge in [-0.2, -0.15) is 0 Å². The van der Waals surface area contributed by atoms with Crippen molar-refractivity contribution >= 4 is 5.78 Å². The Bertz CT molecular complexity index is 318. The van der Waals surface area contributed by atoms with Gasteiger partial charge in [-0.15, -0.1) is 0 Å². The summed E-state index contributed by atoms with van der Waals surface area (Å²) in [6, 6.07) is 4.08. The molecule has 82 valence electrons. The van der Waals surface area contributed by atoms with Crippen LogP contribution in [0.15, 0.2) is 22.8 Å². The Balaban J connectivity index is 1.94. The average molecular weight is 207 g/mol. The first-order valence-corrected chi connectivity index (χ1v) is 5.62. The van der Waals surface area contributed by atoms with Crippen LogP contribution < -0.4 is 0 Å². The predicted molar refractivity (Wildman–Crippen MR) is 57.9 cm³/mol. The molecule has 3 heteroatoms. The van der Waals surface area contributed by atoms with Gasteiger partial charge in [-0.3, -0.25) is 9.69 Å². The molecule has 1 saturated heterocycles. The fourth-order valence-electron chi connectivity index (χ4n) is 2.27. The number of hydrogen-bond acceptors (Lipinski definition) is 3. The molecule has 15 heavy (non-hydrogen) atoms. The molecule has 0 saturated carbocycles. The van der Waals surface area contributed by atoms with E-state index in [-0.39, 0.29) is 5.78 Å². The maximum Gasteiger partial charge on any atom is 0.211 e. The molecule has 0 bridgehead atoms. The highest BCUT2D eigenvalue weighted by Crippen LogP contribution is 2.20. The summed E-state index contributed by atoms with van der Waals surface area (Å²) < 4.78 is 5.10. The van der Waals surface area contributed by atoms with Crippen LogP contribution in [0.3, 0.4) is 0 Å². The lowest BCUT2D eigenvalue weighted by molar-refractivity contribution is 0.0893. The molecule has 0 aliphatic carbocycles. The van der Waals surface area contributed by atoms with Crippen LogP contribution >= 0.6 is 0 Å². The molecule has 1 aliphatic heterocycles. The monoisotopic (exact) mass is 207 g/mol. The van der Waals surface area contributed by atoms with E-state index in [9.17, 15) is 4.79 Å². The summed E-state index contributed by atoms with van der Waals surface area (Å²) in [5, 5.41) is 0. The summed E-state index contributed by atoms with van der Waals surface area (Å²) in [5.41, 5.74) is 0. The van der Waals surface area contributed by atoms with Crippen LogP contribution in [-0.2, 0) is 0 Å². The fraction of sp³-hybridized carbons (Fsp3) is 0.583. The number of rotatable bonds is 4. The van der Waals surface area contributed by atoms with Gasteiger partial charge in [0, 0.05) is 6.04 Å². The minimum atomic E-state index is 0.0975. The Morgan fingerprint density at radius 3 is 3.20 bits per heavy atom. The molecule has 2 rings (SSSR count). The molecule has 3 nitrogen and oxygen atoms in total. The number of furan rings is 1. The van der Waals surface area contributed by atoms with E-state index in [4.69, 9.17) is 4.42 Å². The molecule has 1 atom stereocenters. The molecule has 0 amide bonds. The van der Waals surface area contributed by atoms with E-state index in [2.05, 4.69) is 11.8 Å². The fourth-order valence-corrected chi connectivity index (χ4v) is 2.27. The number of carbonyl (C=O) groups is 1. The Morgan fingerprint density at radius 1 is 1.67 bits per heavy atom. The van der Waals surface area contributed by atoms with E-state index >= 15 is 0 Å². The summed E-state index contributed by atoms with van der Waals surface area (Å²) in [5.74, 6) is 0.581. The second kappa shape index (κ2) is 4.62. The van der Waals surface area contributed by atoms with Gasteiger partial charge < -0.3 is 4.42 Å². The first-order chi connectivity index (χ1) is 7.31. The van der Waals surface area contributed by atoms with Crippen LogP contribution in [0.2, 0.25) is 0 Å². The lowest BCUT2D eigenvalue weighted by Crippen LogP contribution is -2.33. The Labute approximate surface area is 90.1 Å². The van der Waals surface area contributed by atoms with Gasteiger partial charge >= 0.3 is 0 Å². The summed E-state index contributed by atoms with van der Waals surface area (Å²) in [6.07, 6.45) is 5.12. The summed E-state index contributed by atoms with van der Waals surface area (Å²) in [7, 11) is 0. The van der Waals surface area contributed by atoms with E-state index < -0.39 is 0 Å². The van der Waals surface area contributed by atoms with Crippen molar-refractivity contribution in [3.05, 3.63) is 24.2 Å². The van der Waals surface area contributed by atoms with E-state index in [1.165, 1.54) is 12.8 Å². The summed E-state index contributed by atoms with van der Waals surface area (Å²) >= 11 is 0. The van der Waals surface area contributed by atoms with Gasteiger partial charge in [0.15, 0.2) is 5.76 Å². The quantitative estimate of drug-likeness (QED) is 0.710. The van der Waals surface area contributed by atoms with Crippen LogP contribution in [0.25, 0.3) is 0 Å². The zero-order chi connectivity index (χ0) is 10.7. The first kappa shape index (κ1) is 10.4. The third-order valence-corrected chi connectivity index (χ3v) is 3.11. The maximum atomic E-state index is 11.8. The Morgan fingerprint density at radius 2 is 2.53 bits per heavy atom. The molecule has 1 aliphatic rings. The third-order valence-electron chi connectivity index (χ3n) is 3.11. The highest BCUT2D eigenvalue weighted by Gasteiger charge is 2.25. The number of nitrogens with zero attached hydrogens (tertiary/aromatic N) is 1. The van der Waals surface area contributed by atoms with E-state index in [0.29, 0.717) is 18.3 Å². The number of likely N-dealkylation sites (tertiary alicyclic amines) is 1. The molecule has 0 aromatic carbocycles. The first-order valence-electron chi connectivity index (χ1n) is 5.62. The Kier molecular flexibility index (Phi) is 3.21. The standard InChI is InChI=1S/C12H17NO2/c1-2-10-5-3-7-13(10)9-11(14)12-6-4-8-15-12/h4,6,8,10H,2-3,5,7,9H2,1H3. The molecular formula is C12H17NO2. The number of hydrogen-bond donors (Lipinski definition) is 0. The van der Waals surface area contributed by atoms with Gasteiger partial charge in [0.1, 0.15) is 0 Å². The van der Waals surface area contributed by atoms with E-state index in [1.807, 2.05) is 0 Å². The summed E-state index contributed by atoms with van der Waals surface area (Å²) in [6.45, 7) is 3.73. The largest absolute Gasteiger partial charge is 0.461 e. The van der Waals surface area contributed by atoms with Crippen molar-refractivity contribution in [3.8, 4) is 0 Å². The van der Waals surface area contributed by atoms with Crippen LogP contribution in [0.1, 0.15) is 36.7 Å². The van der Waals surface area contributed by atoms with Crippen LogP contribution in [0, 0.1) is 0 Å². The van der Waals surface area contributed by atoms with E-state index in [1.54, 1.807) is 18.4 Å². The molecule has 2 heterocycles. The average Bonchev–Trinajstić information content (AvgIpc) is 2.87. The summed E-state index contributed by atoms with van der Waals surface area (Å²) in [4.78, 5) is 14.1. The van der Waals surface area contributed by atoms with Crippen LogP contribution in [0.5, 0.6) is 0 Å². The topological polar surface area (TPSA) is 33.5 Å². The van der Waals surface area contributed by atoms with Crippen molar-refractivity contribution in [2.45, 2.75) is 32.2 Å². The highest BCUT2D eigenvalue weighted by atomic mass is 16.3. The molecule has 1 aromatic rings. The van der Waals surface area contributed by atoms with Crippen molar-refractivity contribution in [2.24, 2.45) is 0 Å². The van der Waals surface area contributed by atoms with Gasteiger partial charge in [0.05, 0.1) is 12.8 Å². The van der Waals surface area contributed by atoms with Crippen LogP contribution in [-0.4, -0.2) is 29.8 Å². The zero-order valence-electron chi connectivity index (χ0n) is 9.11. The van der Waals surface area contributed by atoms with Crippen molar-refractivity contribution in [1.82, 2.24) is 4.90 Å². The molecule has 1 fully saturated rings. The molecule has 0 radical (unpaired) electrons. The predicted octanol–water partition coefficient (Wildman–Crippen LogP) is 2.34. The third kappa shape index (κ3) is 2.29. The number of carbonyl (C=O) groups excluding carboxylic acids is 1. The SMILES string of the molecule is CCC1CCCN1CC(=O)c1ccco1. The normalized spacial score (nSPS) is 22.1. The number of ketones is 1. The van der Waals surface area contributed by atoms with Gasteiger partial charge in [-0.25, -0.2) is 0 Å². The maximum absolute atomic E-state index is 11.8. The van der Waals surface area contributed by atoms with Crippen molar-refractivity contribution in [3.63, 3.8) is 0 Å². The molecule has 0 spiro atoms. The van der Waals surface area contributed by atoms with Crippen molar-refractivity contribution < 1.29 is 9.21 Å². The van der Waals surface area contributed by atoms with Gasteiger partial charge in [0.25, 0.3) is 0 Å². The smallest absolute Gasteiger partial charge is 0.211 e.